The maximum atomic E-state index is 14.7. The third-order valence-electron chi connectivity index (χ3n) is 11.8. The van der Waals surface area contributed by atoms with Crippen molar-refractivity contribution in [2.24, 2.45) is 0 Å². The average Bonchev–Trinajstić information content (AvgIpc) is 3.30. The van der Waals surface area contributed by atoms with Crippen LogP contribution in [0.5, 0.6) is 0 Å². The molecule has 0 radical (unpaired) electrons. The van der Waals surface area contributed by atoms with Crippen molar-refractivity contribution in [2.75, 3.05) is 58.3 Å². The number of aliphatic hydroxyl groups is 2. The van der Waals surface area contributed by atoms with Gasteiger partial charge in [-0.05, 0) is 92.0 Å². The van der Waals surface area contributed by atoms with Crippen LogP contribution in [0.1, 0.15) is 35.4 Å². The van der Waals surface area contributed by atoms with Crippen LogP contribution in [-0.2, 0) is 46.5 Å². The number of pyridine rings is 1. The molecule has 0 saturated carbocycles. The van der Waals surface area contributed by atoms with Crippen LogP contribution in [0.15, 0.2) is 83.7 Å². The van der Waals surface area contributed by atoms with E-state index in [1.54, 1.807) is 29.8 Å². The minimum atomic E-state index is -4.42. The third-order valence-corrected chi connectivity index (χ3v) is 11.8. The van der Waals surface area contributed by atoms with Crippen LogP contribution >= 0.6 is 0 Å². The second kappa shape index (κ2) is 21.3. The summed E-state index contributed by atoms with van der Waals surface area (Å²) in [5, 5.41) is 32.8. The fraction of sp³-hybridized carbons (Fsp3) is 0.391. The van der Waals surface area contributed by atoms with Crippen LogP contribution in [0.2, 0.25) is 0 Å². The highest BCUT2D eigenvalue weighted by atomic mass is 19.4. The Kier molecular flexibility index (Phi) is 15.8. The lowest BCUT2D eigenvalue weighted by Gasteiger charge is -2.42. The molecule has 2 fully saturated rings. The third kappa shape index (κ3) is 12.1. The predicted octanol–water partition coefficient (Wildman–Crippen LogP) is 4.29. The van der Waals surface area contributed by atoms with Gasteiger partial charge in [-0.2, -0.15) is 18.2 Å². The molecule has 0 spiro atoms. The number of benzene rings is 3. The molecule has 352 valence electrons. The summed E-state index contributed by atoms with van der Waals surface area (Å²) >= 11 is 0. The highest BCUT2D eigenvalue weighted by Gasteiger charge is 2.31. The molecule has 20 heteroatoms. The topological polar surface area (TPSA) is 193 Å². The number of halogens is 5. The zero-order valence-corrected chi connectivity index (χ0v) is 36.2. The first kappa shape index (κ1) is 49.1. The number of piperidine rings is 1. The van der Waals surface area contributed by atoms with E-state index in [-0.39, 0.29) is 54.3 Å². The van der Waals surface area contributed by atoms with E-state index in [0.29, 0.717) is 17.4 Å². The SMILES string of the molecule is CN1CCC(N2CCN(c3ccc4c(=O)nc(CCc5cccc(F)c5F)n(CC(=O)N(C)Cc5ccc(-c6ccc(C(F)(F)F)cc6)cc5)c4n3)CC2)CC1.O=C(O)C(O)C(O)C(=O)O. The summed E-state index contributed by atoms with van der Waals surface area (Å²) in [5.74, 6) is -4.88. The number of likely N-dealkylation sites (tertiary alicyclic amines) is 1. The summed E-state index contributed by atoms with van der Waals surface area (Å²) in [6.07, 6.45) is -6.58. The van der Waals surface area contributed by atoms with Gasteiger partial charge in [0.2, 0.25) is 5.91 Å². The minimum Gasteiger partial charge on any atom is -0.479 e. The van der Waals surface area contributed by atoms with Crippen molar-refractivity contribution in [3.05, 3.63) is 123 Å². The van der Waals surface area contributed by atoms with Crippen molar-refractivity contribution in [1.82, 2.24) is 29.2 Å². The van der Waals surface area contributed by atoms with Crippen LogP contribution in [0, 0.1) is 11.6 Å². The number of aliphatic carboxylic acids is 2. The van der Waals surface area contributed by atoms with Crippen molar-refractivity contribution in [2.45, 2.75) is 63.2 Å². The van der Waals surface area contributed by atoms with Gasteiger partial charge in [-0.25, -0.2) is 23.4 Å². The van der Waals surface area contributed by atoms with Crippen molar-refractivity contribution < 1.29 is 56.8 Å². The molecule has 0 bridgehead atoms. The lowest BCUT2D eigenvalue weighted by molar-refractivity contribution is -0.165. The van der Waals surface area contributed by atoms with Gasteiger partial charge >= 0.3 is 18.1 Å². The molecule has 4 N–H and O–H groups in total. The number of fused-ring (bicyclic) bond motifs is 1. The normalized spacial score (nSPS) is 16.0. The molecular weight excluding hydrogens is 874 g/mol. The van der Waals surface area contributed by atoms with Gasteiger partial charge in [0, 0.05) is 52.2 Å². The molecule has 2 aromatic heterocycles. The van der Waals surface area contributed by atoms with Gasteiger partial charge < -0.3 is 39.7 Å². The zero-order valence-electron chi connectivity index (χ0n) is 36.2. The molecule has 15 nitrogen and oxygen atoms in total. The predicted molar refractivity (Wildman–Crippen MR) is 233 cm³/mol. The first-order chi connectivity index (χ1) is 31.3. The number of nitrogens with zero attached hydrogens (tertiary/aromatic N) is 7. The molecule has 2 aliphatic heterocycles. The van der Waals surface area contributed by atoms with E-state index in [9.17, 15) is 41.1 Å². The van der Waals surface area contributed by atoms with E-state index in [4.69, 9.17) is 25.4 Å². The van der Waals surface area contributed by atoms with E-state index in [2.05, 4.69) is 26.7 Å². The Hall–Kier alpha value is -6.35. The van der Waals surface area contributed by atoms with E-state index in [1.807, 2.05) is 18.2 Å². The fourth-order valence-electron chi connectivity index (χ4n) is 7.91. The number of carbonyl (C=O) groups is 3. The largest absolute Gasteiger partial charge is 0.479 e. The van der Waals surface area contributed by atoms with E-state index in [1.165, 1.54) is 29.2 Å². The maximum absolute atomic E-state index is 14.7. The number of hydrogen-bond donors (Lipinski definition) is 4. The van der Waals surface area contributed by atoms with E-state index < -0.39 is 53.1 Å². The Morgan fingerprint density at radius 3 is 1.95 bits per heavy atom. The smallest absolute Gasteiger partial charge is 0.416 e. The molecule has 3 aromatic carbocycles. The highest BCUT2D eigenvalue weighted by Crippen LogP contribution is 2.31. The molecule has 2 atom stereocenters. The van der Waals surface area contributed by atoms with Crippen molar-refractivity contribution in [3.63, 3.8) is 0 Å². The van der Waals surface area contributed by atoms with Gasteiger partial charge in [0.05, 0.1) is 10.9 Å². The Morgan fingerprint density at radius 1 is 0.788 bits per heavy atom. The second-order valence-electron chi connectivity index (χ2n) is 16.3. The van der Waals surface area contributed by atoms with E-state index in [0.717, 1.165) is 81.4 Å². The molecule has 66 heavy (non-hydrogen) atoms. The summed E-state index contributed by atoms with van der Waals surface area (Å²) in [4.78, 5) is 64.8. The number of aliphatic hydroxyl groups excluding tert-OH is 2. The summed E-state index contributed by atoms with van der Waals surface area (Å²) in [6.45, 7) is 5.46. The first-order valence-electron chi connectivity index (χ1n) is 21.1. The zero-order chi connectivity index (χ0) is 47.9. The maximum Gasteiger partial charge on any atom is 0.416 e. The van der Waals surface area contributed by atoms with Crippen LogP contribution in [0.4, 0.5) is 27.8 Å². The number of rotatable bonds is 13. The van der Waals surface area contributed by atoms with Crippen LogP contribution < -0.4 is 10.5 Å². The number of carboxylic acid groups (broad SMARTS) is 2. The minimum absolute atomic E-state index is 0.0372. The van der Waals surface area contributed by atoms with Crippen LogP contribution in [-0.4, -0.2) is 139 Å². The Balaban J connectivity index is 0.000000645. The van der Waals surface area contributed by atoms with Gasteiger partial charge in [-0.15, -0.1) is 0 Å². The number of aromatic nitrogens is 3. The van der Waals surface area contributed by atoms with E-state index >= 15 is 0 Å². The summed E-state index contributed by atoms with van der Waals surface area (Å²) in [5.41, 5.74) is 1.32. The Labute approximate surface area is 376 Å². The molecule has 2 saturated heterocycles. The molecule has 0 aliphatic carbocycles. The molecule has 5 aromatic rings. The highest BCUT2D eigenvalue weighted by molar-refractivity contribution is 5.83. The number of amides is 1. The van der Waals surface area contributed by atoms with Gasteiger partial charge in [0.15, 0.2) is 23.8 Å². The van der Waals surface area contributed by atoms with Gasteiger partial charge in [0.25, 0.3) is 5.56 Å². The Morgan fingerprint density at radius 2 is 1.38 bits per heavy atom. The standard InChI is InChI=1S/C42H44F5N7O2.C4H6O6/c1-50-20-18-33(19-21-50)52-22-24-53(25-23-52)36-17-15-34-40(48-36)54(37(49-41(34)56)16-12-31-4-3-5-35(43)39(31)44)27-38(55)51(2)26-28-6-8-29(9-7-28)30-10-13-32(14-11-30)42(45,46)47;5-1(3(7)8)2(6)4(9)10/h3-11,13-15,17,33H,12,16,18-27H2,1-2H3;1-2,5-6H,(H,7,8)(H,9,10). The lowest BCUT2D eigenvalue weighted by Crippen LogP contribution is -2.53. The number of alkyl halides is 3. The number of piperazine rings is 1. The fourth-order valence-corrected chi connectivity index (χ4v) is 7.91. The van der Waals surface area contributed by atoms with Crippen molar-refractivity contribution in [3.8, 4) is 11.1 Å². The number of carboxylic acids is 2. The van der Waals surface area contributed by atoms with Crippen molar-refractivity contribution >= 4 is 34.7 Å². The van der Waals surface area contributed by atoms with Crippen LogP contribution in [0.25, 0.3) is 22.2 Å². The molecular formula is C46H50F5N7O8. The lowest BCUT2D eigenvalue weighted by atomic mass is 10.0. The second-order valence-corrected chi connectivity index (χ2v) is 16.3. The van der Waals surface area contributed by atoms with Crippen molar-refractivity contribution in [1.29, 1.82) is 0 Å². The number of anilines is 1. The summed E-state index contributed by atoms with van der Waals surface area (Å²) in [7, 11) is 3.80. The number of hydrogen-bond acceptors (Lipinski definition) is 11. The Bertz CT molecular complexity index is 2540. The number of aryl methyl sites for hydroxylation is 2. The molecule has 4 heterocycles. The van der Waals surface area contributed by atoms with Crippen LogP contribution in [0.3, 0.4) is 0 Å². The monoisotopic (exact) mass is 923 g/mol. The number of likely N-dealkylation sites (N-methyl/N-ethyl adjacent to an activating group) is 1. The van der Waals surface area contributed by atoms with Gasteiger partial charge in [-0.1, -0.05) is 48.5 Å². The number of carbonyl (C=O) groups excluding carboxylic acids is 1. The average molecular weight is 924 g/mol. The quantitative estimate of drug-likeness (QED) is 0.122. The molecule has 2 aliphatic rings. The molecule has 2 unspecified atom stereocenters. The van der Waals surface area contributed by atoms with Gasteiger partial charge in [0.1, 0.15) is 23.8 Å². The summed E-state index contributed by atoms with van der Waals surface area (Å²) in [6, 6.07) is 20.1. The van der Waals surface area contributed by atoms with Gasteiger partial charge in [-0.3, -0.25) is 14.5 Å². The molecule has 7 rings (SSSR count). The molecule has 1 amide bonds. The summed E-state index contributed by atoms with van der Waals surface area (Å²) < 4.78 is 69.5. The first-order valence-corrected chi connectivity index (χ1v) is 21.1.